The molecule has 0 bridgehead atoms. The van der Waals surface area contributed by atoms with E-state index >= 15 is 0 Å². The van der Waals surface area contributed by atoms with Gasteiger partial charge in [-0.3, -0.25) is 9.59 Å². The lowest BCUT2D eigenvalue weighted by molar-refractivity contribution is -0.114. The Morgan fingerprint density at radius 1 is 1.13 bits per heavy atom. The normalized spacial score (nSPS) is 8.53. The Hall–Kier alpha value is -1.64. The van der Waals surface area contributed by atoms with Crippen molar-refractivity contribution in [3.8, 4) is 0 Å². The van der Waals surface area contributed by atoms with Crippen molar-refractivity contribution in [1.82, 2.24) is 0 Å². The van der Waals surface area contributed by atoms with E-state index in [0.717, 1.165) is 0 Å². The minimum atomic E-state index is -0.138. The van der Waals surface area contributed by atoms with Gasteiger partial charge in [0.2, 0.25) is 5.91 Å². The largest absolute Gasteiger partial charge is 0.326 e. The number of anilines is 1. The predicted octanol–water partition coefficient (Wildman–Crippen LogP) is 2.87. The van der Waals surface area contributed by atoms with E-state index in [-0.39, 0.29) is 11.7 Å². The van der Waals surface area contributed by atoms with Crippen LogP contribution in [-0.4, -0.2) is 11.7 Å². The third kappa shape index (κ3) is 4.96. The van der Waals surface area contributed by atoms with Crippen LogP contribution >= 0.6 is 0 Å². The van der Waals surface area contributed by atoms with E-state index in [9.17, 15) is 9.59 Å². The molecule has 0 aliphatic heterocycles. The SMILES string of the molecule is CC.CC(=O)Nc1cccc(C(C)=O)c1. The van der Waals surface area contributed by atoms with Crippen LogP contribution in [0.2, 0.25) is 0 Å². The summed E-state index contributed by atoms with van der Waals surface area (Å²) in [7, 11) is 0. The summed E-state index contributed by atoms with van der Waals surface area (Å²) in [4.78, 5) is 21.7. The van der Waals surface area contributed by atoms with Gasteiger partial charge in [-0.1, -0.05) is 26.0 Å². The summed E-state index contributed by atoms with van der Waals surface area (Å²) < 4.78 is 0. The molecule has 0 saturated carbocycles. The Kier molecular flexibility index (Phi) is 6.02. The van der Waals surface area contributed by atoms with Gasteiger partial charge in [-0.25, -0.2) is 0 Å². The molecule has 3 nitrogen and oxygen atoms in total. The van der Waals surface area contributed by atoms with Gasteiger partial charge in [-0.05, 0) is 19.1 Å². The molecule has 0 aliphatic rings. The zero-order chi connectivity index (χ0) is 11.8. The van der Waals surface area contributed by atoms with Gasteiger partial charge in [0, 0.05) is 18.2 Å². The number of hydrogen-bond donors (Lipinski definition) is 1. The van der Waals surface area contributed by atoms with Crippen LogP contribution in [0.4, 0.5) is 5.69 Å². The molecular formula is C12H17NO2. The van der Waals surface area contributed by atoms with E-state index in [1.54, 1.807) is 24.3 Å². The predicted molar refractivity (Wildman–Crippen MR) is 62.1 cm³/mol. The fourth-order valence-corrected chi connectivity index (χ4v) is 1.02. The lowest BCUT2D eigenvalue weighted by Crippen LogP contribution is -2.06. The average molecular weight is 207 g/mol. The topological polar surface area (TPSA) is 46.2 Å². The van der Waals surface area contributed by atoms with Gasteiger partial charge < -0.3 is 5.32 Å². The Morgan fingerprint density at radius 3 is 2.20 bits per heavy atom. The van der Waals surface area contributed by atoms with Gasteiger partial charge in [-0.15, -0.1) is 0 Å². The van der Waals surface area contributed by atoms with Gasteiger partial charge >= 0.3 is 0 Å². The summed E-state index contributed by atoms with van der Waals surface area (Å²) in [5, 5.41) is 2.61. The first-order valence-corrected chi connectivity index (χ1v) is 4.98. The molecule has 0 saturated heterocycles. The quantitative estimate of drug-likeness (QED) is 0.758. The molecular weight excluding hydrogens is 190 g/mol. The molecule has 1 N–H and O–H groups in total. The number of rotatable bonds is 2. The maximum Gasteiger partial charge on any atom is 0.221 e. The molecule has 0 aromatic heterocycles. The van der Waals surface area contributed by atoms with Gasteiger partial charge in [-0.2, -0.15) is 0 Å². The smallest absolute Gasteiger partial charge is 0.221 e. The summed E-state index contributed by atoms with van der Waals surface area (Å²) in [5.74, 6) is -0.145. The second-order valence-corrected chi connectivity index (χ2v) is 2.82. The number of amides is 1. The van der Waals surface area contributed by atoms with Crippen molar-refractivity contribution in [1.29, 1.82) is 0 Å². The highest BCUT2D eigenvalue weighted by Crippen LogP contribution is 2.10. The van der Waals surface area contributed by atoms with Crippen LogP contribution in [0.1, 0.15) is 38.1 Å². The number of benzene rings is 1. The summed E-state index contributed by atoms with van der Waals surface area (Å²) in [5.41, 5.74) is 1.26. The summed E-state index contributed by atoms with van der Waals surface area (Å²) in [6.45, 7) is 6.92. The van der Waals surface area contributed by atoms with Crippen molar-refractivity contribution in [2.75, 3.05) is 5.32 Å². The molecule has 0 aliphatic carbocycles. The number of ketones is 1. The van der Waals surface area contributed by atoms with Crippen molar-refractivity contribution >= 4 is 17.4 Å². The van der Waals surface area contributed by atoms with Crippen molar-refractivity contribution in [3.63, 3.8) is 0 Å². The molecule has 1 rings (SSSR count). The first-order chi connectivity index (χ1) is 7.09. The van der Waals surface area contributed by atoms with E-state index in [2.05, 4.69) is 5.32 Å². The number of nitrogens with one attached hydrogen (secondary N) is 1. The second kappa shape index (κ2) is 6.76. The molecule has 0 unspecified atom stereocenters. The van der Waals surface area contributed by atoms with Crippen LogP contribution in [-0.2, 0) is 4.79 Å². The molecule has 0 atom stereocenters. The van der Waals surface area contributed by atoms with Crippen LogP contribution in [0.15, 0.2) is 24.3 Å². The third-order valence-corrected chi connectivity index (χ3v) is 1.59. The number of carbonyl (C=O) groups is 2. The highest BCUT2D eigenvalue weighted by molar-refractivity contribution is 5.96. The number of Topliss-reactive ketones (excluding diaryl/α,β-unsaturated/α-hetero) is 1. The molecule has 15 heavy (non-hydrogen) atoms. The number of hydrogen-bond acceptors (Lipinski definition) is 2. The van der Waals surface area contributed by atoms with Crippen molar-refractivity contribution < 1.29 is 9.59 Å². The van der Waals surface area contributed by atoms with E-state index in [0.29, 0.717) is 11.3 Å². The van der Waals surface area contributed by atoms with Crippen LogP contribution in [0.25, 0.3) is 0 Å². The van der Waals surface area contributed by atoms with Crippen molar-refractivity contribution in [2.45, 2.75) is 27.7 Å². The molecule has 3 heteroatoms. The molecule has 1 aromatic carbocycles. The molecule has 0 fully saturated rings. The molecule has 0 heterocycles. The first-order valence-electron chi connectivity index (χ1n) is 4.98. The molecule has 1 aromatic rings. The van der Waals surface area contributed by atoms with E-state index in [1.807, 2.05) is 13.8 Å². The van der Waals surface area contributed by atoms with Gasteiger partial charge in [0.25, 0.3) is 0 Å². The zero-order valence-corrected chi connectivity index (χ0v) is 9.63. The minimum Gasteiger partial charge on any atom is -0.326 e. The standard InChI is InChI=1S/C10H11NO2.C2H6/c1-7(12)9-4-3-5-10(6-9)11-8(2)13;1-2/h3-6H,1-2H3,(H,11,13);1-2H3. The van der Waals surface area contributed by atoms with Crippen LogP contribution in [0, 0.1) is 0 Å². The van der Waals surface area contributed by atoms with Crippen LogP contribution in [0.3, 0.4) is 0 Å². The van der Waals surface area contributed by atoms with E-state index in [4.69, 9.17) is 0 Å². The highest BCUT2D eigenvalue weighted by atomic mass is 16.1. The fourth-order valence-electron chi connectivity index (χ4n) is 1.02. The van der Waals surface area contributed by atoms with Crippen molar-refractivity contribution in [3.05, 3.63) is 29.8 Å². The summed E-state index contributed by atoms with van der Waals surface area (Å²) in [6, 6.07) is 6.85. The number of carbonyl (C=O) groups excluding carboxylic acids is 2. The molecule has 0 radical (unpaired) electrons. The highest BCUT2D eigenvalue weighted by Gasteiger charge is 2.00. The lowest BCUT2D eigenvalue weighted by Gasteiger charge is -2.02. The Morgan fingerprint density at radius 2 is 1.73 bits per heavy atom. The second-order valence-electron chi connectivity index (χ2n) is 2.82. The van der Waals surface area contributed by atoms with Gasteiger partial charge in [0.1, 0.15) is 0 Å². The minimum absolute atomic E-state index is 0.00722. The van der Waals surface area contributed by atoms with Crippen molar-refractivity contribution in [2.24, 2.45) is 0 Å². The Balaban J connectivity index is 0.000000921. The van der Waals surface area contributed by atoms with E-state index in [1.165, 1.54) is 13.8 Å². The monoisotopic (exact) mass is 207 g/mol. The summed E-state index contributed by atoms with van der Waals surface area (Å²) >= 11 is 0. The van der Waals surface area contributed by atoms with Gasteiger partial charge in [0.15, 0.2) is 5.78 Å². The average Bonchev–Trinajstić information content (AvgIpc) is 2.20. The zero-order valence-electron chi connectivity index (χ0n) is 9.63. The molecule has 0 spiro atoms. The maximum atomic E-state index is 11.0. The van der Waals surface area contributed by atoms with Crippen LogP contribution < -0.4 is 5.32 Å². The molecule has 1 amide bonds. The Bertz CT molecular complexity index is 345. The van der Waals surface area contributed by atoms with E-state index < -0.39 is 0 Å². The lowest BCUT2D eigenvalue weighted by atomic mass is 10.1. The van der Waals surface area contributed by atoms with Gasteiger partial charge in [0.05, 0.1) is 0 Å². The first kappa shape index (κ1) is 13.4. The molecule has 82 valence electrons. The third-order valence-electron chi connectivity index (χ3n) is 1.59. The van der Waals surface area contributed by atoms with Crippen LogP contribution in [0.5, 0.6) is 0 Å². The fraction of sp³-hybridized carbons (Fsp3) is 0.333. The Labute approximate surface area is 90.5 Å². The maximum absolute atomic E-state index is 11.0. The summed E-state index contributed by atoms with van der Waals surface area (Å²) in [6.07, 6.45) is 0.